The predicted octanol–water partition coefficient (Wildman–Crippen LogP) is 1.28. The number of ether oxygens (including phenoxy) is 1. The van der Waals surface area contributed by atoms with Crippen LogP contribution in [0.1, 0.15) is 44.9 Å². The minimum atomic E-state index is -4.52. The SMILES string of the molecule is O=C(CN1C[C@@H]2C[C@H]1CN2CC(=O)NC1(C(F)(F)F)COC1)NC12CC3CC(CC(C3)C1)C2. The zero-order chi connectivity index (χ0) is 23.0. The van der Waals surface area contributed by atoms with Crippen molar-refractivity contribution in [2.45, 2.75) is 74.3 Å². The van der Waals surface area contributed by atoms with Gasteiger partial charge in [0.15, 0.2) is 5.54 Å². The lowest BCUT2D eigenvalue weighted by Gasteiger charge is -2.57. The van der Waals surface area contributed by atoms with Crippen molar-refractivity contribution >= 4 is 11.8 Å². The summed E-state index contributed by atoms with van der Waals surface area (Å²) < 4.78 is 44.5. The molecule has 33 heavy (non-hydrogen) atoms. The summed E-state index contributed by atoms with van der Waals surface area (Å²) in [6.45, 7) is 0.559. The van der Waals surface area contributed by atoms with Gasteiger partial charge in [-0.15, -0.1) is 0 Å². The van der Waals surface area contributed by atoms with Crippen molar-refractivity contribution in [1.29, 1.82) is 0 Å². The van der Waals surface area contributed by atoms with Crippen LogP contribution in [0.25, 0.3) is 0 Å². The van der Waals surface area contributed by atoms with Crippen molar-refractivity contribution in [1.82, 2.24) is 20.4 Å². The number of rotatable bonds is 6. The van der Waals surface area contributed by atoms with Gasteiger partial charge in [0.05, 0.1) is 26.3 Å². The molecular formula is C23H33F3N4O3. The van der Waals surface area contributed by atoms with Crippen molar-refractivity contribution in [2.75, 3.05) is 39.4 Å². The Morgan fingerprint density at radius 2 is 1.30 bits per heavy atom. The number of likely N-dealkylation sites (tertiary alicyclic amines) is 2. The van der Waals surface area contributed by atoms with E-state index in [0.717, 1.165) is 43.4 Å². The van der Waals surface area contributed by atoms with E-state index in [9.17, 15) is 22.8 Å². The summed E-state index contributed by atoms with van der Waals surface area (Å²) in [4.78, 5) is 29.5. The van der Waals surface area contributed by atoms with Crippen LogP contribution in [0.4, 0.5) is 13.2 Å². The second-order valence-electron chi connectivity index (χ2n) is 11.8. The average molecular weight is 471 g/mol. The number of nitrogens with one attached hydrogen (secondary N) is 2. The molecule has 3 heterocycles. The van der Waals surface area contributed by atoms with Crippen LogP contribution >= 0.6 is 0 Å². The molecule has 0 radical (unpaired) electrons. The van der Waals surface area contributed by atoms with Crippen LogP contribution in [-0.2, 0) is 14.3 Å². The highest BCUT2D eigenvalue weighted by Crippen LogP contribution is 2.55. The van der Waals surface area contributed by atoms with Crippen LogP contribution in [0.3, 0.4) is 0 Å². The number of alkyl halides is 3. The first-order valence-corrected chi connectivity index (χ1v) is 12.4. The van der Waals surface area contributed by atoms with Crippen LogP contribution < -0.4 is 10.6 Å². The molecule has 7 fully saturated rings. The number of nitrogens with zero attached hydrogens (tertiary/aromatic N) is 2. The predicted molar refractivity (Wildman–Crippen MR) is 112 cm³/mol. The van der Waals surface area contributed by atoms with E-state index in [2.05, 4.69) is 15.5 Å². The van der Waals surface area contributed by atoms with Crippen LogP contribution in [0.15, 0.2) is 0 Å². The fourth-order valence-corrected chi connectivity index (χ4v) is 8.11. The second-order valence-corrected chi connectivity index (χ2v) is 11.8. The van der Waals surface area contributed by atoms with Gasteiger partial charge >= 0.3 is 6.18 Å². The van der Waals surface area contributed by atoms with E-state index in [1.165, 1.54) is 19.3 Å². The largest absolute Gasteiger partial charge is 0.416 e. The molecule has 0 aromatic carbocycles. The first-order valence-electron chi connectivity index (χ1n) is 12.4. The Labute approximate surface area is 191 Å². The number of carbonyl (C=O) groups is 2. The number of hydrogen-bond donors (Lipinski definition) is 2. The molecule has 7 rings (SSSR count). The van der Waals surface area contributed by atoms with Crippen LogP contribution in [0, 0.1) is 17.8 Å². The summed E-state index contributed by atoms with van der Waals surface area (Å²) in [5.41, 5.74) is -2.24. The molecular weight excluding hydrogens is 437 g/mol. The molecule has 0 unspecified atom stereocenters. The monoisotopic (exact) mass is 470 g/mol. The molecule has 0 aromatic rings. The van der Waals surface area contributed by atoms with E-state index >= 15 is 0 Å². The first kappa shape index (κ1) is 22.1. The number of piperazine rings is 1. The fourth-order valence-electron chi connectivity index (χ4n) is 8.11. The molecule has 2 N–H and O–H groups in total. The highest BCUT2D eigenvalue weighted by Gasteiger charge is 2.61. The van der Waals surface area contributed by atoms with Gasteiger partial charge in [-0.05, 0) is 62.7 Å². The molecule has 3 aliphatic heterocycles. The van der Waals surface area contributed by atoms with Gasteiger partial charge in [0.25, 0.3) is 0 Å². The quantitative estimate of drug-likeness (QED) is 0.612. The number of fused-ring (bicyclic) bond motifs is 2. The number of halogens is 3. The lowest BCUT2D eigenvalue weighted by molar-refractivity contribution is -0.266. The Bertz CT molecular complexity index is 795. The maximum absolute atomic E-state index is 13.3. The van der Waals surface area contributed by atoms with Crippen molar-refractivity contribution in [3.63, 3.8) is 0 Å². The summed E-state index contributed by atoms with van der Waals surface area (Å²) in [5.74, 6) is 1.83. The van der Waals surface area contributed by atoms with Gasteiger partial charge < -0.3 is 15.4 Å². The third-order valence-corrected chi connectivity index (χ3v) is 9.22. The van der Waals surface area contributed by atoms with Crippen LogP contribution in [0.5, 0.6) is 0 Å². The molecule has 7 aliphatic rings. The Morgan fingerprint density at radius 3 is 1.70 bits per heavy atom. The fraction of sp³-hybridized carbons (Fsp3) is 0.913. The van der Waals surface area contributed by atoms with E-state index < -0.39 is 30.8 Å². The summed E-state index contributed by atoms with van der Waals surface area (Å²) in [6.07, 6.45) is 3.73. The summed E-state index contributed by atoms with van der Waals surface area (Å²) in [6, 6.07) is 0.279. The Morgan fingerprint density at radius 1 is 0.818 bits per heavy atom. The molecule has 6 bridgehead atoms. The van der Waals surface area contributed by atoms with Gasteiger partial charge in [-0.25, -0.2) is 0 Å². The zero-order valence-corrected chi connectivity index (χ0v) is 18.8. The topological polar surface area (TPSA) is 73.9 Å². The Hall–Kier alpha value is -1.39. The molecule has 7 nitrogen and oxygen atoms in total. The summed E-state index contributed by atoms with van der Waals surface area (Å²) in [5, 5.41) is 5.59. The molecule has 0 spiro atoms. The minimum Gasteiger partial charge on any atom is -0.376 e. The van der Waals surface area contributed by atoms with Crippen molar-refractivity contribution in [3.05, 3.63) is 0 Å². The lowest BCUT2D eigenvalue weighted by atomic mass is 9.53. The summed E-state index contributed by atoms with van der Waals surface area (Å²) >= 11 is 0. The van der Waals surface area contributed by atoms with E-state index in [-0.39, 0.29) is 30.1 Å². The number of amides is 2. The second kappa shape index (κ2) is 7.55. The smallest absolute Gasteiger partial charge is 0.376 e. The van der Waals surface area contributed by atoms with Crippen LogP contribution in [-0.4, -0.2) is 90.3 Å². The molecule has 0 aromatic heterocycles. The standard InChI is InChI=1S/C23H33F3N4O3/c24-23(25,26)22(12-33-13-22)28-20(32)11-30-9-17-4-18(30)8-29(17)10-19(31)27-21-5-14-1-15(6-21)3-16(2-14)7-21/h14-18H,1-13H2,(H,27,31)(H,28,32)/t14?,15?,16?,17-,18-,21?/m0/s1. The minimum absolute atomic E-state index is 0.00831. The third kappa shape index (κ3) is 3.86. The van der Waals surface area contributed by atoms with Crippen molar-refractivity contribution < 1.29 is 27.5 Å². The molecule has 2 amide bonds. The van der Waals surface area contributed by atoms with Crippen molar-refractivity contribution in [2.24, 2.45) is 17.8 Å². The zero-order valence-electron chi connectivity index (χ0n) is 18.8. The van der Waals surface area contributed by atoms with Gasteiger partial charge in [0, 0.05) is 30.7 Å². The van der Waals surface area contributed by atoms with Gasteiger partial charge in [0.2, 0.25) is 11.8 Å². The van der Waals surface area contributed by atoms with Crippen molar-refractivity contribution in [3.8, 4) is 0 Å². The van der Waals surface area contributed by atoms with Gasteiger partial charge in [0.1, 0.15) is 0 Å². The van der Waals surface area contributed by atoms with Gasteiger partial charge in [-0.3, -0.25) is 19.4 Å². The van der Waals surface area contributed by atoms with E-state index in [4.69, 9.17) is 4.74 Å². The number of carbonyl (C=O) groups excluding carboxylic acids is 2. The van der Waals surface area contributed by atoms with Gasteiger partial charge in [-0.1, -0.05) is 0 Å². The maximum Gasteiger partial charge on any atom is 0.416 e. The highest BCUT2D eigenvalue weighted by molar-refractivity contribution is 5.80. The van der Waals surface area contributed by atoms with Crippen LogP contribution in [0.2, 0.25) is 0 Å². The lowest BCUT2D eigenvalue weighted by Crippen LogP contribution is -2.71. The number of hydrogen-bond acceptors (Lipinski definition) is 5. The average Bonchev–Trinajstić information content (AvgIpc) is 3.21. The molecule has 10 heteroatoms. The Balaban J connectivity index is 0.991. The molecule has 4 saturated carbocycles. The highest BCUT2D eigenvalue weighted by atomic mass is 19.4. The maximum atomic E-state index is 13.3. The molecule has 2 atom stereocenters. The van der Waals surface area contributed by atoms with E-state index in [1.807, 2.05) is 4.90 Å². The molecule has 184 valence electrons. The first-order chi connectivity index (χ1) is 15.6. The third-order valence-electron chi connectivity index (χ3n) is 9.22. The van der Waals surface area contributed by atoms with E-state index in [1.54, 1.807) is 0 Å². The molecule has 4 aliphatic carbocycles. The molecule has 3 saturated heterocycles. The Kier molecular flexibility index (Phi) is 5.06. The van der Waals surface area contributed by atoms with Gasteiger partial charge in [-0.2, -0.15) is 13.2 Å². The van der Waals surface area contributed by atoms with E-state index in [0.29, 0.717) is 19.6 Å². The normalized spacial score (nSPS) is 41.2. The summed E-state index contributed by atoms with van der Waals surface area (Å²) in [7, 11) is 0.